The lowest BCUT2D eigenvalue weighted by Gasteiger charge is -2.33. The van der Waals surface area contributed by atoms with Crippen LogP contribution in [0.15, 0.2) is 30.9 Å². The molecule has 0 spiro atoms. The fourth-order valence-corrected chi connectivity index (χ4v) is 4.00. The van der Waals surface area contributed by atoms with Gasteiger partial charge in [0.15, 0.2) is 0 Å². The first-order chi connectivity index (χ1) is 15.8. The zero-order valence-electron chi connectivity index (χ0n) is 21.2. The van der Waals surface area contributed by atoms with Gasteiger partial charge in [-0.15, -0.1) is 0 Å². The molecule has 0 radical (unpaired) electrons. The van der Waals surface area contributed by atoms with Gasteiger partial charge in [0.25, 0.3) is 5.91 Å². The Hall–Kier alpha value is -2.41. The summed E-state index contributed by atoms with van der Waals surface area (Å²) in [5.41, 5.74) is 1.48. The minimum Gasteiger partial charge on any atom is -0.350 e. The first-order valence-electron chi connectivity index (χ1n) is 12.6. The van der Waals surface area contributed by atoms with Crippen molar-refractivity contribution in [1.82, 2.24) is 24.5 Å². The largest absolute Gasteiger partial charge is 0.350 e. The van der Waals surface area contributed by atoms with Gasteiger partial charge in [0, 0.05) is 26.8 Å². The molecule has 0 unspecified atom stereocenters. The van der Waals surface area contributed by atoms with Crippen molar-refractivity contribution < 1.29 is 11.0 Å². The van der Waals surface area contributed by atoms with E-state index < -0.39 is 0 Å². The van der Waals surface area contributed by atoms with E-state index in [9.17, 15) is 9.59 Å². The quantitative estimate of drug-likeness (QED) is 0.732. The molecule has 7 nitrogen and oxygen atoms in total. The minimum atomic E-state index is 0. The van der Waals surface area contributed by atoms with E-state index in [0.29, 0.717) is 18.7 Å². The number of pyridine rings is 1. The fraction of sp³-hybridized carbons (Fsp3) is 0.654. The maximum absolute atomic E-state index is 13.0. The highest BCUT2D eigenvalue weighted by Crippen LogP contribution is 2.17. The van der Waals surface area contributed by atoms with Crippen molar-refractivity contribution >= 4 is 17.3 Å². The minimum absolute atomic E-state index is 0. The van der Waals surface area contributed by atoms with E-state index in [4.69, 9.17) is 0 Å². The number of hydrogen-bond donors (Lipinski definition) is 1. The number of imidazole rings is 1. The van der Waals surface area contributed by atoms with Crippen molar-refractivity contribution in [2.75, 3.05) is 32.7 Å². The van der Waals surface area contributed by atoms with Crippen molar-refractivity contribution in [3.8, 4) is 0 Å². The van der Waals surface area contributed by atoms with Crippen LogP contribution in [0.4, 0.5) is 0 Å². The van der Waals surface area contributed by atoms with Gasteiger partial charge in [0.2, 0.25) is 5.91 Å². The summed E-state index contributed by atoms with van der Waals surface area (Å²) in [6.07, 6.45) is 10.7. The number of nitrogens with zero attached hydrogens (tertiary/aromatic N) is 4. The molecule has 2 aromatic rings. The summed E-state index contributed by atoms with van der Waals surface area (Å²) in [7, 11) is 0. The molecular formula is C26H45N5O2. The van der Waals surface area contributed by atoms with E-state index in [-0.39, 0.29) is 19.3 Å². The SMILES string of the molecule is CC(C)C.CCC.O=C(CN1CCCC1)N[C@H]1CCCN(C(=O)c2cccn3cncc23)C1.[HH]. The van der Waals surface area contributed by atoms with Crippen LogP contribution in [0.25, 0.3) is 5.52 Å². The van der Waals surface area contributed by atoms with Gasteiger partial charge in [0.1, 0.15) is 0 Å². The zero-order chi connectivity index (χ0) is 24.2. The third kappa shape index (κ3) is 8.80. The standard InChI is InChI=1S/C19H25N5O2.C4H10.C3H8.H2/c25-18(13-22-7-1-2-8-22)21-15-5-3-9-23(12-15)19(26)16-6-4-10-24-14-20-11-17(16)24;1-4(2)3;1-3-2;/h4,6,10-11,14-15H,1-3,5,7-9,12-13H2,(H,21,25);4H,1-3H3;3H2,1-2H3;1H/t15-;;;/m0.../s1. The van der Waals surface area contributed by atoms with Crippen molar-refractivity contribution in [3.63, 3.8) is 0 Å². The lowest BCUT2D eigenvalue weighted by Crippen LogP contribution is -2.51. The number of aromatic nitrogens is 2. The Morgan fingerprint density at radius 3 is 2.48 bits per heavy atom. The zero-order valence-corrected chi connectivity index (χ0v) is 21.2. The van der Waals surface area contributed by atoms with Crippen molar-refractivity contribution in [2.24, 2.45) is 5.92 Å². The molecule has 1 N–H and O–H groups in total. The van der Waals surface area contributed by atoms with Crippen LogP contribution in [-0.4, -0.2) is 69.8 Å². The molecule has 1 atom stereocenters. The topological polar surface area (TPSA) is 70.0 Å². The van der Waals surface area contributed by atoms with Crippen LogP contribution >= 0.6 is 0 Å². The number of carbonyl (C=O) groups excluding carboxylic acids is 2. The van der Waals surface area contributed by atoms with Crippen LogP contribution in [-0.2, 0) is 4.79 Å². The summed E-state index contributed by atoms with van der Waals surface area (Å²) in [4.78, 5) is 33.4. The summed E-state index contributed by atoms with van der Waals surface area (Å²) in [6, 6.07) is 3.74. The number of fused-ring (bicyclic) bond motifs is 1. The number of carbonyl (C=O) groups is 2. The summed E-state index contributed by atoms with van der Waals surface area (Å²) in [5.74, 6) is 0.915. The molecule has 2 fully saturated rings. The second-order valence-electron chi connectivity index (χ2n) is 9.69. The van der Waals surface area contributed by atoms with Crippen LogP contribution in [0.5, 0.6) is 0 Å². The molecule has 2 aliphatic heterocycles. The molecule has 186 valence electrons. The Morgan fingerprint density at radius 1 is 1.15 bits per heavy atom. The van der Waals surface area contributed by atoms with E-state index >= 15 is 0 Å². The summed E-state index contributed by atoms with van der Waals surface area (Å²) in [6.45, 7) is 14.5. The Bertz CT molecular complexity index is 861. The van der Waals surface area contributed by atoms with Gasteiger partial charge in [-0.25, -0.2) is 4.98 Å². The first kappa shape index (κ1) is 26.8. The molecule has 0 aliphatic carbocycles. The number of likely N-dealkylation sites (tertiary alicyclic amines) is 2. The fourth-order valence-electron chi connectivity index (χ4n) is 4.00. The molecule has 33 heavy (non-hydrogen) atoms. The first-order valence-corrected chi connectivity index (χ1v) is 12.6. The van der Waals surface area contributed by atoms with Gasteiger partial charge in [-0.05, 0) is 56.8 Å². The monoisotopic (exact) mass is 459 g/mol. The highest BCUT2D eigenvalue weighted by atomic mass is 16.2. The molecule has 0 saturated carbocycles. The van der Waals surface area contributed by atoms with Gasteiger partial charge < -0.3 is 14.6 Å². The van der Waals surface area contributed by atoms with E-state index in [1.165, 1.54) is 19.3 Å². The Labute approximate surface area is 201 Å². The highest BCUT2D eigenvalue weighted by Gasteiger charge is 2.27. The van der Waals surface area contributed by atoms with Crippen LogP contribution in [0.2, 0.25) is 0 Å². The van der Waals surface area contributed by atoms with Gasteiger partial charge >= 0.3 is 0 Å². The Morgan fingerprint density at radius 2 is 1.82 bits per heavy atom. The number of piperidine rings is 1. The maximum atomic E-state index is 13.0. The van der Waals surface area contributed by atoms with Crippen LogP contribution in [0.1, 0.15) is 78.5 Å². The third-order valence-electron chi connectivity index (χ3n) is 5.32. The maximum Gasteiger partial charge on any atom is 0.256 e. The molecule has 0 aromatic carbocycles. The van der Waals surface area contributed by atoms with Crippen molar-refractivity contribution in [1.29, 1.82) is 0 Å². The van der Waals surface area contributed by atoms with Gasteiger partial charge in [-0.2, -0.15) is 0 Å². The average Bonchev–Trinajstić information content (AvgIpc) is 3.45. The second kappa shape index (κ2) is 14.0. The van der Waals surface area contributed by atoms with E-state index in [1.54, 1.807) is 12.5 Å². The molecule has 0 bridgehead atoms. The molecule has 7 heteroatoms. The lowest BCUT2D eigenvalue weighted by atomic mass is 10.0. The van der Waals surface area contributed by atoms with E-state index in [0.717, 1.165) is 43.9 Å². The van der Waals surface area contributed by atoms with Gasteiger partial charge in [0.05, 0.1) is 30.1 Å². The number of hydrogen-bond acceptors (Lipinski definition) is 4. The predicted octanol–water partition coefficient (Wildman–Crippen LogP) is 4.48. The highest BCUT2D eigenvalue weighted by molar-refractivity contribution is 6.00. The summed E-state index contributed by atoms with van der Waals surface area (Å²) >= 11 is 0. The molecule has 4 rings (SSSR count). The lowest BCUT2D eigenvalue weighted by molar-refractivity contribution is -0.123. The molecule has 2 amide bonds. The molecular weight excluding hydrogens is 414 g/mol. The van der Waals surface area contributed by atoms with Gasteiger partial charge in [-0.3, -0.25) is 14.5 Å². The van der Waals surface area contributed by atoms with Crippen molar-refractivity contribution in [2.45, 2.75) is 72.8 Å². The molecule has 2 aliphatic rings. The van der Waals surface area contributed by atoms with E-state index in [2.05, 4.69) is 49.8 Å². The Balaban J connectivity index is 0.000000644. The second-order valence-corrected chi connectivity index (χ2v) is 9.69. The van der Waals surface area contributed by atoms with Crippen LogP contribution in [0.3, 0.4) is 0 Å². The number of amides is 2. The predicted molar refractivity (Wildman–Crippen MR) is 137 cm³/mol. The van der Waals surface area contributed by atoms with E-state index in [1.807, 2.05) is 27.6 Å². The third-order valence-corrected chi connectivity index (χ3v) is 5.32. The van der Waals surface area contributed by atoms with Crippen molar-refractivity contribution in [3.05, 3.63) is 36.4 Å². The Kier molecular flexibility index (Phi) is 11.4. The normalized spacial score (nSPS) is 18.4. The average molecular weight is 460 g/mol. The summed E-state index contributed by atoms with van der Waals surface area (Å²) < 4.78 is 1.85. The molecule has 2 saturated heterocycles. The van der Waals surface area contributed by atoms with Gasteiger partial charge in [-0.1, -0.05) is 41.0 Å². The molecule has 4 heterocycles. The number of nitrogens with one attached hydrogen (secondary N) is 1. The summed E-state index contributed by atoms with van der Waals surface area (Å²) in [5, 5.41) is 3.12. The molecule has 2 aromatic heterocycles. The van der Waals surface area contributed by atoms with Crippen LogP contribution < -0.4 is 5.32 Å². The van der Waals surface area contributed by atoms with Crippen LogP contribution in [0, 0.1) is 5.92 Å². The smallest absolute Gasteiger partial charge is 0.256 e. The number of rotatable bonds is 4.